The van der Waals surface area contributed by atoms with E-state index in [1.807, 2.05) is 0 Å². The molecule has 0 fully saturated rings. The number of rotatable bonds is 0. The van der Waals surface area contributed by atoms with Crippen LogP contribution in [0, 0.1) is 25.6 Å². The van der Waals surface area contributed by atoms with Crippen LogP contribution in [0.1, 0.15) is 0 Å². The Labute approximate surface area is 99.0 Å². The van der Waals surface area contributed by atoms with Crippen LogP contribution in [0.25, 0.3) is 0 Å². The van der Waals surface area contributed by atoms with Crippen molar-refractivity contribution in [2.24, 2.45) is 0 Å². The Bertz CT molecular complexity index is 80.9. The third-order valence-electron chi connectivity index (χ3n) is 0. The Kier molecular flexibility index (Phi) is 22.7. The Morgan fingerprint density at radius 2 is 1.00 bits per heavy atom. The van der Waals surface area contributed by atoms with E-state index in [0.29, 0.717) is 0 Å². The first-order valence-electron chi connectivity index (χ1n) is 1.16. The third-order valence-corrected chi connectivity index (χ3v) is 0. The molecule has 11 heteroatoms. The topological polar surface area (TPSA) is 158 Å². The first kappa shape index (κ1) is 22.7. The van der Waals surface area contributed by atoms with Crippen LogP contribution in [0.15, 0.2) is 0 Å². The van der Waals surface area contributed by atoms with Gasteiger partial charge in [0.25, 0.3) is 0 Å². The second-order valence-corrected chi connectivity index (χ2v) is 1.36. The minimum absolute atomic E-state index is 0. The summed E-state index contributed by atoms with van der Waals surface area (Å²) < 4.78 is 34.0. The standard InChI is InChI=1S/ClHO4.Mg.NO3.Pb.4H/c2-1(3,4)5;;2-1(3)4;;;;;/h(H,2,3,4,5);;;;;;;/q;;-1;;;;;/p-1. The van der Waals surface area contributed by atoms with Crippen molar-refractivity contribution >= 4 is 50.4 Å². The Balaban J connectivity index is -0.0000000383. The fourth-order valence-corrected chi connectivity index (χ4v) is 0. The summed E-state index contributed by atoms with van der Waals surface area (Å²) in [6, 6.07) is 0. The predicted octanol–water partition coefficient (Wildman–Crippen LogP) is -6.83. The van der Waals surface area contributed by atoms with Crippen LogP contribution >= 0.6 is 0 Å². The molecule has 0 spiro atoms. The molecule has 0 aromatic rings. The molecule has 0 unspecified atom stereocenters. The van der Waals surface area contributed by atoms with Crippen molar-refractivity contribution in [3.05, 3.63) is 15.3 Å². The minimum atomic E-state index is -4.94. The molecule has 8 nitrogen and oxygen atoms in total. The normalized spacial score (nSPS) is 7.64. The van der Waals surface area contributed by atoms with Gasteiger partial charge in [-0.3, -0.25) is 0 Å². The first-order valence-corrected chi connectivity index (χ1v) is 2.40. The van der Waals surface area contributed by atoms with Gasteiger partial charge in [0, 0.05) is 0 Å². The van der Waals surface area contributed by atoms with E-state index in [9.17, 15) is 0 Å². The van der Waals surface area contributed by atoms with E-state index < -0.39 is 15.3 Å². The Morgan fingerprint density at radius 3 is 1.00 bits per heavy atom. The van der Waals surface area contributed by atoms with Crippen molar-refractivity contribution in [2.75, 3.05) is 0 Å². The van der Waals surface area contributed by atoms with E-state index in [4.69, 9.17) is 34.0 Å². The van der Waals surface area contributed by atoms with E-state index in [-0.39, 0.29) is 50.4 Å². The molecular weight excluding hydrogens is 393 g/mol. The van der Waals surface area contributed by atoms with Gasteiger partial charge in [-0.05, 0) is 0 Å². The van der Waals surface area contributed by atoms with Crippen molar-refractivity contribution in [3.8, 4) is 0 Å². The molecule has 2 radical (unpaired) electrons. The third kappa shape index (κ3) is 864. The van der Waals surface area contributed by atoms with Crippen molar-refractivity contribution in [1.82, 2.24) is 0 Å². The van der Waals surface area contributed by atoms with Crippen LogP contribution < -0.4 is 18.6 Å². The summed E-state index contributed by atoms with van der Waals surface area (Å²) >= 11 is 0. The van der Waals surface area contributed by atoms with E-state index in [1.165, 1.54) is 0 Å². The van der Waals surface area contributed by atoms with Gasteiger partial charge < -0.3 is 15.3 Å². The van der Waals surface area contributed by atoms with Gasteiger partial charge in [0.15, 0.2) is 0 Å². The predicted molar refractivity (Wildman–Crippen MR) is 27.4 cm³/mol. The quantitative estimate of drug-likeness (QED) is 0.223. The number of halogens is 1. The fraction of sp³-hybridized carbons (Fsp3) is 0. The van der Waals surface area contributed by atoms with Gasteiger partial charge in [-0.1, -0.05) is 0 Å². The molecule has 0 saturated carbocycles. The summed E-state index contributed by atoms with van der Waals surface area (Å²) in [5.41, 5.74) is 0. The average molecular weight is 397 g/mol. The number of hydrogen-bond donors (Lipinski definition) is 0. The van der Waals surface area contributed by atoms with Gasteiger partial charge in [-0.2, -0.15) is 0 Å². The molecule has 0 aliphatic heterocycles. The number of nitrogens with zero attached hydrogens (tertiary/aromatic N) is 1. The molecule has 0 rings (SSSR count). The zero-order valence-electron chi connectivity index (χ0n) is 4.39. The summed E-state index contributed by atoms with van der Waals surface area (Å²) in [4.78, 5) is 8.25. The van der Waals surface area contributed by atoms with Crippen LogP contribution in [0.3, 0.4) is 0 Å². The van der Waals surface area contributed by atoms with Gasteiger partial charge in [-0.15, -0.1) is 10.2 Å². The van der Waals surface area contributed by atoms with Gasteiger partial charge in [0.1, 0.15) is 0 Å². The zero-order chi connectivity index (χ0) is 8.08. The monoisotopic (exact) mass is 397 g/mol. The molecular formula is H4ClMgNO7Pb-2. The van der Waals surface area contributed by atoms with Crippen molar-refractivity contribution < 1.29 is 34.0 Å². The van der Waals surface area contributed by atoms with Gasteiger partial charge in [0.05, 0.1) is 5.09 Å². The molecule has 0 aromatic heterocycles. The molecule has 0 saturated heterocycles. The summed E-state index contributed by atoms with van der Waals surface area (Å²) in [5, 5.41) is 14.8. The van der Waals surface area contributed by atoms with Gasteiger partial charge in [0.2, 0.25) is 0 Å². The molecule has 0 aliphatic carbocycles. The number of hydrogen-bond acceptors (Lipinski definition) is 7. The molecule has 0 bridgehead atoms. The Morgan fingerprint density at radius 1 is 1.00 bits per heavy atom. The summed E-state index contributed by atoms with van der Waals surface area (Å²) in [5.74, 6) is 0. The molecule has 11 heavy (non-hydrogen) atoms. The van der Waals surface area contributed by atoms with E-state index in [1.54, 1.807) is 0 Å². The summed E-state index contributed by atoms with van der Waals surface area (Å²) in [7, 11) is -4.94. The molecule has 0 amide bonds. The van der Waals surface area contributed by atoms with Crippen molar-refractivity contribution in [3.63, 3.8) is 0 Å². The van der Waals surface area contributed by atoms with Crippen molar-refractivity contribution in [2.45, 2.75) is 0 Å². The van der Waals surface area contributed by atoms with Crippen LogP contribution in [0.5, 0.6) is 0 Å². The first-order chi connectivity index (χ1) is 3.73. The average Bonchev–Trinajstić information content (AvgIpc) is 1.19. The molecule has 0 atom stereocenters. The molecule has 0 aliphatic rings. The fourth-order valence-electron chi connectivity index (χ4n) is 0. The van der Waals surface area contributed by atoms with Crippen LogP contribution in [-0.4, -0.2) is 55.4 Å². The molecule has 66 valence electrons. The maximum absolute atomic E-state index is 8.49. The van der Waals surface area contributed by atoms with E-state index in [2.05, 4.69) is 0 Å². The molecule has 0 N–H and O–H groups in total. The zero-order valence-corrected chi connectivity index (χ0v) is 10.6. The Hall–Kier alpha value is 1.02. The summed E-state index contributed by atoms with van der Waals surface area (Å²) in [6.45, 7) is 0. The molecule has 0 aromatic carbocycles. The second kappa shape index (κ2) is 11.0. The SMILES string of the molecule is O=[N+]([O-])[O-].[MgH2].[O-][Cl+3]([O-])([O-])[O-].[PbH2]. The maximum atomic E-state index is 8.49. The van der Waals surface area contributed by atoms with E-state index in [0.717, 1.165) is 0 Å². The van der Waals surface area contributed by atoms with Crippen LogP contribution in [0.4, 0.5) is 0 Å². The van der Waals surface area contributed by atoms with Gasteiger partial charge in [-0.25, -0.2) is 18.6 Å². The van der Waals surface area contributed by atoms with Crippen LogP contribution in [-0.2, 0) is 0 Å². The second-order valence-electron chi connectivity index (χ2n) is 0.602. The van der Waals surface area contributed by atoms with E-state index >= 15 is 0 Å². The summed E-state index contributed by atoms with van der Waals surface area (Å²) in [6.07, 6.45) is 0. The van der Waals surface area contributed by atoms with Crippen molar-refractivity contribution in [1.29, 1.82) is 0 Å². The van der Waals surface area contributed by atoms with Gasteiger partial charge >= 0.3 is 50.4 Å². The van der Waals surface area contributed by atoms with Crippen LogP contribution in [0.2, 0.25) is 0 Å². The molecule has 0 heterocycles.